The number of imide groups is 2. The van der Waals surface area contributed by atoms with Crippen molar-refractivity contribution in [2.45, 2.75) is 9.79 Å². The van der Waals surface area contributed by atoms with E-state index in [-0.39, 0.29) is 23.6 Å². The summed E-state index contributed by atoms with van der Waals surface area (Å²) in [5.41, 5.74) is 22.9. The molecule has 0 unspecified atom stereocenters. The summed E-state index contributed by atoms with van der Waals surface area (Å²) in [6.45, 7) is 0. The summed E-state index contributed by atoms with van der Waals surface area (Å²) < 4.78 is 0. The molecule has 58 heavy (non-hydrogen) atoms. The van der Waals surface area contributed by atoms with Gasteiger partial charge in [0, 0.05) is 21.2 Å². The third kappa shape index (κ3) is 6.23. The highest BCUT2D eigenvalue weighted by Gasteiger charge is 2.38. The Hall–Kier alpha value is -6.88. The summed E-state index contributed by atoms with van der Waals surface area (Å²) in [5, 5.41) is 0. The SMILES string of the molecule is CSc1cc(-c2ccc(N3C(=O)c4ccc(-c5ccc(N)cc5)cc4C3=O)cc2)ccc1-c1ccc(N2C(=O)c3ccc(-c4ccc(N)cc4)cc3C2=O)cc1SC. The molecule has 7 aromatic rings. The van der Waals surface area contributed by atoms with Crippen molar-refractivity contribution in [3.8, 4) is 44.5 Å². The van der Waals surface area contributed by atoms with Crippen molar-refractivity contribution >= 4 is 69.9 Å². The largest absolute Gasteiger partial charge is 0.399 e. The van der Waals surface area contributed by atoms with Crippen LogP contribution >= 0.6 is 23.5 Å². The molecule has 0 saturated heterocycles. The van der Waals surface area contributed by atoms with E-state index >= 15 is 0 Å². The topological polar surface area (TPSA) is 127 Å². The predicted octanol–water partition coefficient (Wildman–Crippen LogP) is 10.6. The van der Waals surface area contributed by atoms with Crippen LogP contribution in [0.15, 0.2) is 155 Å². The zero-order valence-electron chi connectivity index (χ0n) is 31.4. The highest BCUT2D eigenvalue weighted by atomic mass is 32.2. The van der Waals surface area contributed by atoms with Crippen LogP contribution in [0.2, 0.25) is 0 Å². The monoisotopic (exact) mass is 794 g/mol. The molecular formula is C48H34N4O4S2. The van der Waals surface area contributed by atoms with Crippen molar-refractivity contribution < 1.29 is 19.2 Å². The van der Waals surface area contributed by atoms with Gasteiger partial charge in [-0.05, 0) is 136 Å². The van der Waals surface area contributed by atoms with Crippen molar-refractivity contribution in [3.05, 3.63) is 168 Å². The Kier molecular flexibility index (Phi) is 9.23. The Bertz CT molecular complexity index is 2860. The van der Waals surface area contributed by atoms with Crippen molar-refractivity contribution in [2.24, 2.45) is 0 Å². The minimum atomic E-state index is -0.360. The zero-order valence-corrected chi connectivity index (χ0v) is 33.0. The van der Waals surface area contributed by atoms with Gasteiger partial charge in [-0.25, -0.2) is 9.80 Å². The van der Waals surface area contributed by atoms with E-state index in [1.165, 1.54) is 9.80 Å². The molecule has 4 amide bonds. The maximum Gasteiger partial charge on any atom is 0.266 e. The Morgan fingerprint density at radius 2 is 0.672 bits per heavy atom. The molecule has 282 valence electrons. The molecule has 0 aromatic heterocycles. The van der Waals surface area contributed by atoms with E-state index in [1.807, 2.05) is 97.4 Å². The van der Waals surface area contributed by atoms with Crippen LogP contribution in [0, 0.1) is 0 Å². The van der Waals surface area contributed by atoms with Gasteiger partial charge >= 0.3 is 0 Å². The van der Waals surface area contributed by atoms with E-state index in [4.69, 9.17) is 11.5 Å². The highest BCUT2D eigenvalue weighted by molar-refractivity contribution is 7.99. The predicted molar refractivity (Wildman–Crippen MR) is 236 cm³/mol. The number of thioether (sulfide) groups is 2. The molecule has 0 saturated carbocycles. The van der Waals surface area contributed by atoms with E-state index < -0.39 is 0 Å². The fourth-order valence-corrected chi connectivity index (χ4v) is 8.88. The number of nitrogen functional groups attached to an aromatic ring is 2. The molecular weight excluding hydrogens is 761 g/mol. The van der Waals surface area contributed by atoms with Gasteiger partial charge in [-0.15, -0.1) is 23.5 Å². The van der Waals surface area contributed by atoms with Crippen molar-refractivity contribution in [3.63, 3.8) is 0 Å². The van der Waals surface area contributed by atoms with Crippen LogP contribution in [0.3, 0.4) is 0 Å². The quantitative estimate of drug-likeness (QED) is 0.0884. The second-order valence-electron chi connectivity index (χ2n) is 14.0. The average Bonchev–Trinajstić information content (AvgIpc) is 3.66. The van der Waals surface area contributed by atoms with Gasteiger partial charge < -0.3 is 11.5 Å². The number of fused-ring (bicyclic) bond motifs is 2. The summed E-state index contributed by atoms with van der Waals surface area (Å²) in [5.74, 6) is -1.42. The Balaban J connectivity index is 0.957. The number of anilines is 4. The Morgan fingerprint density at radius 1 is 0.345 bits per heavy atom. The van der Waals surface area contributed by atoms with Crippen LogP contribution in [0.4, 0.5) is 22.7 Å². The molecule has 7 aromatic carbocycles. The van der Waals surface area contributed by atoms with Crippen molar-refractivity contribution in [2.75, 3.05) is 33.8 Å². The van der Waals surface area contributed by atoms with Gasteiger partial charge in [0.25, 0.3) is 23.6 Å². The highest BCUT2D eigenvalue weighted by Crippen LogP contribution is 2.42. The zero-order chi connectivity index (χ0) is 40.2. The van der Waals surface area contributed by atoms with Crippen LogP contribution in [-0.4, -0.2) is 36.1 Å². The maximum absolute atomic E-state index is 13.8. The Morgan fingerprint density at radius 3 is 1.14 bits per heavy atom. The number of hydrogen-bond acceptors (Lipinski definition) is 8. The van der Waals surface area contributed by atoms with Crippen LogP contribution < -0.4 is 21.3 Å². The number of carbonyl (C=O) groups is 4. The molecule has 4 N–H and O–H groups in total. The molecule has 0 aliphatic carbocycles. The maximum atomic E-state index is 13.8. The number of nitrogens with zero attached hydrogens (tertiary/aromatic N) is 2. The fourth-order valence-electron chi connectivity index (χ4n) is 7.60. The molecule has 0 radical (unpaired) electrons. The minimum absolute atomic E-state index is 0.352. The Labute approximate surface area is 343 Å². The third-order valence-corrected chi connectivity index (χ3v) is 12.2. The first-order valence-electron chi connectivity index (χ1n) is 18.4. The molecule has 2 aliphatic heterocycles. The normalized spacial score (nSPS) is 13.3. The molecule has 0 bridgehead atoms. The second-order valence-corrected chi connectivity index (χ2v) is 15.7. The van der Waals surface area contributed by atoms with E-state index in [0.717, 1.165) is 54.3 Å². The molecule has 2 heterocycles. The van der Waals surface area contributed by atoms with Crippen molar-refractivity contribution in [1.29, 1.82) is 0 Å². The first kappa shape index (κ1) is 36.7. The third-order valence-electron chi connectivity index (χ3n) is 10.7. The van der Waals surface area contributed by atoms with Gasteiger partial charge in [0.05, 0.1) is 33.6 Å². The van der Waals surface area contributed by atoms with Crippen LogP contribution in [-0.2, 0) is 0 Å². The van der Waals surface area contributed by atoms with Gasteiger partial charge in [0.1, 0.15) is 0 Å². The first-order valence-corrected chi connectivity index (χ1v) is 20.8. The lowest BCUT2D eigenvalue weighted by Gasteiger charge is -2.18. The summed E-state index contributed by atoms with van der Waals surface area (Å²) >= 11 is 3.17. The first-order chi connectivity index (χ1) is 28.1. The number of hydrogen-bond donors (Lipinski definition) is 2. The fraction of sp³-hybridized carbons (Fsp3) is 0.0417. The van der Waals surface area contributed by atoms with Crippen molar-refractivity contribution in [1.82, 2.24) is 0 Å². The average molecular weight is 795 g/mol. The molecule has 0 spiro atoms. The van der Waals surface area contributed by atoms with Crippen LogP contribution in [0.25, 0.3) is 44.5 Å². The lowest BCUT2D eigenvalue weighted by molar-refractivity contribution is 0.0910. The van der Waals surface area contributed by atoms with E-state index in [2.05, 4.69) is 12.1 Å². The van der Waals surface area contributed by atoms with Crippen LogP contribution in [0.1, 0.15) is 41.4 Å². The smallest absolute Gasteiger partial charge is 0.266 e. The molecule has 10 heteroatoms. The van der Waals surface area contributed by atoms with E-state index in [9.17, 15) is 19.2 Å². The van der Waals surface area contributed by atoms with E-state index in [1.54, 1.807) is 72.1 Å². The standard InChI is InChI=1S/C48H34N4O4S2/c1-57-43-25-32(29-7-16-35(17-8-29)51-45(53)39-20-10-30(23-41(39)47(51)55)27-3-12-33(49)13-4-27)9-19-37(43)38-22-18-36(26-44(38)58-2)52-46(54)40-21-11-31(24-42(40)48(52)56)28-5-14-34(50)15-6-28/h3-26H,49-50H2,1-2H3. The van der Waals surface area contributed by atoms with Gasteiger partial charge in [0.15, 0.2) is 0 Å². The number of benzene rings is 7. The number of nitrogens with two attached hydrogens (primary N) is 2. The molecule has 8 nitrogen and oxygen atoms in total. The lowest BCUT2D eigenvalue weighted by atomic mass is 9.99. The number of rotatable bonds is 8. The van der Waals surface area contributed by atoms with Crippen LogP contribution in [0.5, 0.6) is 0 Å². The molecule has 9 rings (SSSR count). The number of carbonyl (C=O) groups excluding carboxylic acids is 4. The van der Waals surface area contributed by atoms with Gasteiger partial charge in [-0.1, -0.05) is 66.7 Å². The number of amides is 4. The summed E-state index contributed by atoms with van der Waals surface area (Å²) in [6.07, 6.45) is 4.00. The molecule has 2 aliphatic rings. The molecule has 0 fully saturated rings. The minimum Gasteiger partial charge on any atom is -0.399 e. The second kappa shape index (κ2) is 14.6. The lowest BCUT2D eigenvalue weighted by Crippen LogP contribution is -2.29. The summed E-state index contributed by atoms with van der Waals surface area (Å²) in [7, 11) is 0. The van der Waals surface area contributed by atoms with Gasteiger partial charge in [0.2, 0.25) is 0 Å². The van der Waals surface area contributed by atoms with Gasteiger partial charge in [-0.2, -0.15) is 0 Å². The van der Waals surface area contributed by atoms with Gasteiger partial charge in [-0.3, -0.25) is 19.2 Å². The summed E-state index contributed by atoms with van der Waals surface area (Å²) in [4.78, 5) is 58.9. The summed E-state index contributed by atoms with van der Waals surface area (Å²) in [6, 6.07) is 44.8. The molecule has 0 atom stereocenters. The van der Waals surface area contributed by atoms with E-state index in [0.29, 0.717) is 45.0 Å².